The number of hydrogen-bond acceptors (Lipinski definition) is 12. The van der Waals surface area contributed by atoms with E-state index in [4.69, 9.17) is 18.5 Å². The number of aliphatic hydroxyl groups is 5. The van der Waals surface area contributed by atoms with Crippen molar-refractivity contribution < 1.29 is 63.1 Å². The van der Waals surface area contributed by atoms with Crippen LogP contribution < -0.4 is 0 Å². The highest BCUT2D eigenvalue weighted by Gasteiger charge is 2.51. The third kappa shape index (κ3) is 34.9. The van der Waals surface area contributed by atoms with Crippen LogP contribution in [0.4, 0.5) is 0 Å². The van der Waals surface area contributed by atoms with Gasteiger partial charge in [0.05, 0.1) is 6.61 Å². The third-order valence-corrected chi connectivity index (χ3v) is 13.4. The van der Waals surface area contributed by atoms with E-state index in [1.165, 1.54) is 135 Å². The van der Waals surface area contributed by atoms with Gasteiger partial charge < -0.3 is 39.9 Å². The van der Waals surface area contributed by atoms with Crippen molar-refractivity contribution >= 4 is 19.8 Å². The van der Waals surface area contributed by atoms with Gasteiger partial charge in [0.1, 0.15) is 43.2 Å². The standard InChI is InChI=1S/C53H97O13P/c1-3-5-7-9-11-13-15-17-19-20-21-22-23-24-25-26-28-30-32-34-36-38-40-42-47(55)65-45(44-64-67(61,62)66-53-51(59)49(57)48(56)50(58)52(53)60)43-63-46(54)41-39-37-35-33-31-29-27-18-16-14-12-10-8-6-4-2/h14,16,26,28,34,36,45,48-53,56-60H,3-13,15,17-25,27,29-33,35,37-44H2,1-2H3,(H,61,62)/b16-14+,28-26+,36-34+/t45-,48?,49-,50?,51?,52?,53?/m1/s1. The van der Waals surface area contributed by atoms with Crippen LogP contribution in [0.1, 0.15) is 232 Å². The summed E-state index contributed by atoms with van der Waals surface area (Å²) < 4.78 is 33.6. The molecule has 0 aromatic carbocycles. The van der Waals surface area contributed by atoms with Gasteiger partial charge in [0.25, 0.3) is 0 Å². The van der Waals surface area contributed by atoms with Crippen molar-refractivity contribution in [2.24, 2.45) is 0 Å². The van der Waals surface area contributed by atoms with E-state index in [-0.39, 0.29) is 12.8 Å². The number of unbranched alkanes of at least 4 members (excludes halogenated alkanes) is 27. The predicted octanol–water partition coefficient (Wildman–Crippen LogP) is 11.7. The van der Waals surface area contributed by atoms with E-state index >= 15 is 0 Å². The molecule has 0 amide bonds. The molecule has 0 aliphatic heterocycles. The second-order valence-electron chi connectivity index (χ2n) is 18.7. The molecule has 0 aromatic rings. The highest BCUT2D eigenvalue weighted by molar-refractivity contribution is 7.47. The van der Waals surface area contributed by atoms with E-state index in [1.807, 2.05) is 6.08 Å². The largest absolute Gasteiger partial charge is 0.472 e. The molecule has 0 bridgehead atoms. The van der Waals surface area contributed by atoms with Gasteiger partial charge in [-0.05, 0) is 70.6 Å². The molecule has 0 spiro atoms. The number of ether oxygens (including phenoxy) is 2. The first-order chi connectivity index (χ1) is 32.4. The monoisotopic (exact) mass is 973 g/mol. The van der Waals surface area contributed by atoms with E-state index < -0.39 is 75.7 Å². The second kappa shape index (κ2) is 42.9. The van der Waals surface area contributed by atoms with Crippen molar-refractivity contribution in [2.75, 3.05) is 13.2 Å². The van der Waals surface area contributed by atoms with E-state index in [2.05, 4.69) is 44.2 Å². The maximum atomic E-state index is 12.8. The lowest BCUT2D eigenvalue weighted by atomic mass is 9.85. The van der Waals surface area contributed by atoms with Crippen molar-refractivity contribution in [3.63, 3.8) is 0 Å². The van der Waals surface area contributed by atoms with Crippen LogP contribution >= 0.6 is 7.82 Å². The van der Waals surface area contributed by atoms with Crippen LogP contribution in [-0.2, 0) is 32.7 Å². The number of carbonyl (C=O) groups excluding carboxylic acids is 2. The third-order valence-electron chi connectivity index (χ3n) is 12.4. The summed E-state index contributed by atoms with van der Waals surface area (Å²) in [7, 11) is -5.13. The van der Waals surface area contributed by atoms with Gasteiger partial charge in [0.15, 0.2) is 6.10 Å². The summed E-state index contributed by atoms with van der Waals surface area (Å²) in [6.07, 6.45) is 37.8. The maximum absolute atomic E-state index is 12.8. The molecular formula is C53H97O13P. The summed E-state index contributed by atoms with van der Waals surface area (Å²) in [5.74, 6) is -1.15. The lowest BCUT2D eigenvalue weighted by Crippen LogP contribution is -2.64. The summed E-state index contributed by atoms with van der Waals surface area (Å²) >= 11 is 0. The molecule has 0 aromatic heterocycles. The Morgan fingerprint density at radius 1 is 0.448 bits per heavy atom. The molecule has 8 atom stereocenters. The Balaban J connectivity index is 2.39. The molecule has 1 aliphatic carbocycles. The van der Waals surface area contributed by atoms with Crippen LogP contribution in [0.5, 0.6) is 0 Å². The van der Waals surface area contributed by atoms with Gasteiger partial charge in [-0.25, -0.2) is 4.57 Å². The highest BCUT2D eigenvalue weighted by Crippen LogP contribution is 2.47. The van der Waals surface area contributed by atoms with Gasteiger partial charge >= 0.3 is 19.8 Å². The summed E-state index contributed by atoms with van der Waals surface area (Å²) in [4.78, 5) is 35.8. The average molecular weight is 973 g/mol. The Hall–Kier alpha value is -1.93. The normalized spacial score (nSPS) is 21.4. The predicted molar refractivity (Wildman–Crippen MR) is 267 cm³/mol. The smallest absolute Gasteiger partial charge is 0.462 e. The fourth-order valence-electron chi connectivity index (χ4n) is 8.13. The molecule has 1 fully saturated rings. The zero-order valence-corrected chi connectivity index (χ0v) is 42.8. The quantitative estimate of drug-likeness (QED) is 0.0145. The minimum Gasteiger partial charge on any atom is -0.462 e. The van der Waals surface area contributed by atoms with Gasteiger partial charge in [0.2, 0.25) is 0 Å². The van der Waals surface area contributed by atoms with Crippen molar-refractivity contribution in [2.45, 2.75) is 275 Å². The van der Waals surface area contributed by atoms with Crippen LogP contribution in [0.2, 0.25) is 0 Å². The molecule has 392 valence electrons. The first kappa shape index (κ1) is 63.1. The lowest BCUT2D eigenvalue weighted by molar-refractivity contribution is -0.220. The van der Waals surface area contributed by atoms with E-state index in [1.54, 1.807) is 0 Å². The number of allylic oxidation sites excluding steroid dienone is 6. The molecule has 6 N–H and O–H groups in total. The fraction of sp³-hybridized carbons (Fsp3) is 0.849. The topological polar surface area (TPSA) is 210 Å². The zero-order chi connectivity index (χ0) is 49.2. The van der Waals surface area contributed by atoms with Gasteiger partial charge in [-0.3, -0.25) is 18.6 Å². The number of hydrogen-bond donors (Lipinski definition) is 6. The number of rotatable bonds is 45. The molecule has 0 radical (unpaired) electrons. The van der Waals surface area contributed by atoms with E-state index in [0.717, 1.165) is 51.4 Å². The second-order valence-corrected chi connectivity index (χ2v) is 20.1. The van der Waals surface area contributed by atoms with Gasteiger partial charge in [-0.2, -0.15) is 0 Å². The number of esters is 2. The summed E-state index contributed by atoms with van der Waals surface area (Å²) in [5, 5.41) is 50.3. The van der Waals surface area contributed by atoms with Crippen LogP contribution in [0.3, 0.4) is 0 Å². The molecule has 1 saturated carbocycles. The van der Waals surface area contributed by atoms with Gasteiger partial charge in [-0.1, -0.05) is 185 Å². The summed E-state index contributed by atoms with van der Waals surface area (Å²) in [5.41, 5.74) is 0. The molecule has 0 saturated heterocycles. The Bertz CT molecular complexity index is 1310. The number of phosphoric ester groups is 1. The van der Waals surface area contributed by atoms with Crippen molar-refractivity contribution in [3.05, 3.63) is 36.5 Å². The summed E-state index contributed by atoms with van der Waals surface area (Å²) in [6, 6.07) is 0. The maximum Gasteiger partial charge on any atom is 0.472 e. The number of phosphoric acid groups is 1. The van der Waals surface area contributed by atoms with Crippen LogP contribution in [-0.4, -0.2) is 98.3 Å². The molecule has 6 unspecified atom stereocenters. The number of aliphatic hydroxyl groups excluding tert-OH is 5. The van der Waals surface area contributed by atoms with Gasteiger partial charge in [-0.15, -0.1) is 0 Å². The molecular weight excluding hydrogens is 876 g/mol. The summed E-state index contributed by atoms with van der Waals surface area (Å²) in [6.45, 7) is 3.29. The lowest BCUT2D eigenvalue weighted by Gasteiger charge is -2.41. The van der Waals surface area contributed by atoms with E-state index in [9.17, 15) is 44.6 Å². The Morgan fingerprint density at radius 3 is 1.24 bits per heavy atom. The molecule has 13 nitrogen and oxygen atoms in total. The van der Waals surface area contributed by atoms with Crippen LogP contribution in [0.15, 0.2) is 36.5 Å². The van der Waals surface area contributed by atoms with Crippen LogP contribution in [0.25, 0.3) is 0 Å². The molecule has 14 heteroatoms. The Labute approximate surface area is 406 Å². The van der Waals surface area contributed by atoms with Crippen molar-refractivity contribution in [1.29, 1.82) is 0 Å². The fourth-order valence-corrected chi connectivity index (χ4v) is 9.10. The molecule has 1 aliphatic rings. The molecule has 1 rings (SSSR count). The minimum absolute atomic E-state index is 0.0373. The number of carbonyl (C=O) groups is 2. The SMILES string of the molecule is CCCCCC/C=C/CCCCCCCCCC(=O)OC[C@H](COP(=O)(O)OC1C(O)C(O)C(O)[C@@H](O)C1O)OC(=O)CCC/C=C/CC/C=C/CCCCCCCCCCCCCCCC. The molecule has 67 heavy (non-hydrogen) atoms. The molecule has 0 heterocycles. The van der Waals surface area contributed by atoms with Gasteiger partial charge in [0, 0.05) is 12.8 Å². The first-order valence-corrected chi connectivity index (χ1v) is 28.3. The van der Waals surface area contributed by atoms with Crippen LogP contribution in [0, 0.1) is 0 Å². The zero-order valence-electron chi connectivity index (χ0n) is 41.9. The Kier molecular flexibility index (Phi) is 40.4. The average Bonchev–Trinajstić information content (AvgIpc) is 3.31. The van der Waals surface area contributed by atoms with E-state index in [0.29, 0.717) is 19.3 Å². The first-order valence-electron chi connectivity index (χ1n) is 26.8. The Morgan fingerprint density at radius 2 is 0.791 bits per heavy atom. The highest BCUT2D eigenvalue weighted by atomic mass is 31.2. The minimum atomic E-state index is -5.13. The van der Waals surface area contributed by atoms with Crippen molar-refractivity contribution in [1.82, 2.24) is 0 Å². The van der Waals surface area contributed by atoms with Crippen molar-refractivity contribution in [3.8, 4) is 0 Å².